The fraction of sp³-hybridized carbons (Fsp3) is 0.500. The number of carbonyl (C=O) groups is 1. The van der Waals surface area contributed by atoms with Gasteiger partial charge in [-0.3, -0.25) is 4.79 Å². The molecule has 116 valence electrons. The number of unbranched alkanes of at least 4 members (excludes halogenated alkanes) is 2. The number of ether oxygens (including phenoxy) is 1. The van der Waals surface area contributed by atoms with E-state index in [-0.39, 0.29) is 12.5 Å². The van der Waals surface area contributed by atoms with Gasteiger partial charge >= 0.3 is 0 Å². The molecule has 0 aromatic heterocycles. The van der Waals surface area contributed by atoms with Crippen molar-refractivity contribution >= 4 is 23.2 Å². The summed E-state index contributed by atoms with van der Waals surface area (Å²) in [6, 6.07) is 5.91. The van der Waals surface area contributed by atoms with Crippen molar-refractivity contribution in [2.75, 3.05) is 13.2 Å². The molecule has 0 aliphatic heterocycles. The molecular weight excluding hydrogens is 284 g/mol. The number of thiocarbonyl (C=S) groups is 1. The van der Waals surface area contributed by atoms with Crippen LogP contribution in [0.25, 0.3) is 0 Å². The highest BCUT2D eigenvalue weighted by Crippen LogP contribution is 2.18. The predicted molar refractivity (Wildman–Crippen MR) is 89.7 cm³/mol. The van der Waals surface area contributed by atoms with Crippen LogP contribution < -0.4 is 15.4 Å². The molecule has 0 saturated heterocycles. The predicted octanol–water partition coefficient (Wildman–Crippen LogP) is 2.86. The number of hydrogen-bond donors (Lipinski definition) is 2. The van der Waals surface area contributed by atoms with Crippen LogP contribution in [0.15, 0.2) is 18.2 Å². The maximum absolute atomic E-state index is 11.7. The monoisotopic (exact) mass is 308 g/mol. The minimum atomic E-state index is -0.246. The van der Waals surface area contributed by atoms with Gasteiger partial charge in [-0.2, -0.15) is 0 Å². The third-order valence-corrected chi connectivity index (χ3v) is 3.27. The average Bonchev–Trinajstić information content (AvgIpc) is 2.44. The Hall–Kier alpha value is -1.62. The zero-order chi connectivity index (χ0) is 15.7. The summed E-state index contributed by atoms with van der Waals surface area (Å²) >= 11 is 5.06. The van der Waals surface area contributed by atoms with Gasteiger partial charge in [0.25, 0.3) is 5.91 Å². The molecule has 5 heteroatoms. The fourth-order valence-corrected chi connectivity index (χ4v) is 2.01. The quantitative estimate of drug-likeness (QED) is 0.601. The van der Waals surface area contributed by atoms with Crippen LogP contribution in [0.2, 0.25) is 0 Å². The Bertz CT molecular complexity index is 489. The van der Waals surface area contributed by atoms with E-state index >= 15 is 0 Å². The molecule has 1 rings (SSSR count). The van der Waals surface area contributed by atoms with Gasteiger partial charge in [-0.15, -0.1) is 0 Å². The number of benzene rings is 1. The summed E-state index contributed by atoms with van der Waals surface area (Å²) < 4.78 is 5.52. The van der Waals surface area contributed by atoms with Crippen LogP contribution >= 0.6 is 12.2 Å². The lowest BCUT2D eigenvalue weighted by molar-refractivity contribution is -0.121. The average molecular weight is 308 g/mol. The molecule has 4 nitrogen and oxygen atoms in total. The van der Waals surface area contributed by atoms with E-state index in [1.54, 1.807) is 0 Å². The summed E-state index contributed by atoms with van der Waals surface area (Å²) in [7, 11) is 0. The van der Waals surface area contributed by atoms with Gasteiger partial charge in [0, 0.05) is 6.54 Å². The van der Waals surface area contributed by atoms with Crippen molar-refractivity contribution in [3.05, 3.63) is 29.3 Å². The molecule has 0 spiro atoms. The largest absolute Gasteiger partial charge is 0.483 e. The zero-order valence-electron chi connectivity index (χ0n) is 13.0. The zero-order valence-corrected chi connectivity index (χ0v) is 13.8. The molecule has 0 unspecified atom stereocenters. The van der Waals surface area contributed by atoms with E-state index in [0.29, 0.717) is 5.11 Å². The first-order chi connectivity index (χ1) is 10.0. The number of rotatable bonds is 7. The minimum absolute atomic E-state index is 0.0406. The first kappa shape index (κ1) is 17.4. The summed E-state index contributed by atoms with van der Waals surface area (Å²) in [4.78, 5) is 11.7. The lowest BCUT2D eigenvalue weighted by Crippen LogP contribution is -2.41. The Labute approximate surface area is 132 Å². The van der Waals surface area contributed by atoms with Crippen molar-refractivity contribution in [3.63, 3.8) is 0 Å². The number of aryl methyl sites for hydroxylation is 2. The summed E-state index contributed by atoms with van der Waals surface area (Å²) in [5.74, 6) is 0.482. The van der Waals surface area contributed by atoms with Crippen LogP contribution in [0.1, 0.15) is 37.3 Å². The van der Waals surface area contributed by atoms with E-state index in [4.69, 9.17) is 17.0 Å². The first-order valence-corrected chi connectivity index (χ1v) is 7.71. The van der Waals surface area contributed by atoms with Crippen molar-refractivity contribution in [3.8, 4) is 5.75 Å². The van der Waals surface area contributed by atoms with E-state index in [2.05, 4.69) is 17.6 Å². The molecule has 0 saturated carbocycles. The normalized spacial score (nSPS) is 10.0. The van der Waals surface area contributed by atoms with Crippen molar-refractivity contribution in [2.24, 2.45) is 0 Å². The van der Waals surface area contributed by atoms with Crippen LogP contribution in [0.5, 0.6) is 5.75 Å². The van der Waals surface area contributed by atoms with Gasteiger partial charge in [-0.05, 0) is 49.7 Å². The number of nitrogens with one attached hydrogen (secondary N) is 2. The van der Waals surface area contributed by atoms with Crippen molar-refractivity contribution in [2.45, 2.75) is 40.0 Å². The molecule has 1 amide bonds. The van der Waals surface area contributed by atoms with Gasteiger partial charge in [0.15, 0.2) is 11.7 Å². The van der Waals surface area contributed by atoms with E-state index < -0.39 is 0 Å². The maximum atomic E-state index is 11.7. The van der Waals surface area contributed by atoms with Crippen LogP contribution in [-0.4, -0.2) is 24.2 Å². The highest BCUT2D eigenvalue weighted by molar-refractivity contribution is 7.80. The highest BCUT2D eigenvalue weighted by Gasteiger charge is 2.07. The van der Waals surface area contributed by atoms with Crippen LogP contribution in [0, 0.1) is 13.8 Å². The van der Waals surface area contributed by atoms with Crippen molar-refractivity contribution in [1.82, 2.24) is 10.6 Å². The topological polar surface area (TPSA) is 50.4 Å². The smallest absolute Gasteiger partial charge is 0.264 e. The van der Waals surface area contributed by atoms with Gasteiger partial charge in [-0.1, -0.05) is 31.9 Å². The second-order valence-corrected chi connectivity index (χ2v) is 5.48. The molecule has 0 aliphatic carbocycles. The van der Waals surface area contributed by atoms with Crippen molar-refractivity contribution < 1.29 is 9.53 Å². The van der Waals surface area contributed by atoms with E-state index in [1.807, 2.05) is 32.0 Å². The molecule has 1 aromatic rings. The summed E-state index contributed by atoms with van der Waals surface area (Å²) in [6.45, 7) is 6.82. The van der Waals surface area contributed by atoms with Gasteiger partial charge in [0.05, 0.1) is 0 Å². The lowest BCUT2D eigenvalue weighted by Gasteiger charge is -2.11. The lowest BCUT2D eigenvalue weighted by atomic mass is 10.1. The number of hydrogen-bond acceptors (Lipinski definition) is 3. The number of amides is 1. The first-order valence-electron chi connectivity index (χ1n) is 7.30. The Morgan fingerprint density at radius 3 is 2.76 bits per heavy atom. The second-order valence-electron chi connectivity index (χ2n) is 5.07. The number of carbonyl (C=O) groups excluding carboxylic acids is 1. The Morgan fingerprint density at radius 1 is 1.29 bits per heavy atom. The van der Waals surface area contributed by atoms with Crippen LogP contribution in [0.3, 0.4) is 0 Å². The molecule has 0 atom stereocenters. The molecule has 1 aromatic carbocycles. The molecule has 0 aliphatic rings. The molecular formula is C16H24N2O2S. The molecule has 0 heterocycles. The van der Waals surface area contributed by atoms with Gasteiger partial charge in [0.1, 0.15) is 5.75 Å². The standard InChI is InChI=1S/C16H24N2O2S/c1-4-5-6-9-17-16(21)18-15(19)11-20-14-10-12(2)7-8-13(14)3/h7-8,10H,4-6,9,11H2,1-3H3,(H2,17,18,19,21). The van der Waals surface area contributed by atoms with Crippen molar-refractivity contribution in [1.29, 1.82) is 0 Å². The van der Waals surface area contributed by atoms with E-state index in [1.165, 1.54) is 0 Å². The van der Waals surface area contributed by atoms with Crippen LogP contribution in [0.4, 0.5) is 0 Å². The second kappa shape index (κ2) is 9.34. The third-order valence-electron chi connectivity index (χ3n) is 3.02. The Balaban J connectivity index is 2.30. The third kappa shape index (κ3) is 7.09. The van der Waals surface area contributed by atoms with E-state index in [9.17, 15) is 4.79 Å². The Morgan fingerprint density at radius 2 is 2.05 bits per heavy atom. The maximum Gasteiger partial charge on any atom is 0.264 e. The molecule has 0 bridgehead atoms. The van der Waals surface area contributed by atoms with E-state index in [0.717, 1.165) is 42.7 Å². The van der Waals surface area contributed by atoms with Gasteiger partial charge in [-0.25, -0.2) is 0 Å². The highest BCUT2D eigenvalue weighted by atomic mass is 32.1. The minimum Gasteiger partial charge on any atom is -0.483 e. The summed E-state index contributed by atoms with van der Waals surface area (Å²) in [5.41, 5.74) is 2.11. The fourth-order valence-electron chi connectivity index (χ4n) is 1.79. The molecule has 2 N–H and O–H groups in total. The SMILES string of the molecule is CCCCCNC(=S)NC(=O)COc1cc(C)ccc1C. The Kier molecular flexibility index (Phi) is 7.75. The van der Waals surface area contributed by atoms with Crippen LogP contribution in [-0.2, 0) is 4.79 Å². The van der Waals surface area contributed by atoms with Gasteiger partial charge in [0.2, 0.25) is 0 Å². The van der Waals surface area contributed by atoms with Gasteiger partial charge < -0.3 is 15.4 Å². The summed E-state index contributed by atoms with van der Waals surface area (Å²) in [6.07, 6.45) is 3.36. The summed E-state index contributed by atoms with van der Waals surface area (Å²) in [5, 5.41) is 5.99. The molecule has 0 radical (unpaired) electrons. The molecule has 21 heavy (non-hydrogen) atoms. The molecule has 0 fully saturated rings.